The van der Waals surface area contributed by atoms with Gasteiger partial charge in [-0.2, -0.15) is 0 Å². The fourth-order valence-electron chi connectivity index (χ4n) is 5.23. The third kappa shape index (κ3) is 8.55. The SMILES string of the molecule is O=C(OCc1ccc(-c2ccc(=O)n(Cc3ccc(Cl)cc3F)c2)cc1)OCc1ccc(-c2ccc(=O)n(Cc3ccc(Cl)cc3F)c2)cc1. The number of aromatic nitrogens is 2. The van der Waals surface area contributed by atoms with Crippen LogP contribution in [0.1, 0.15) is 22.3 Å². The average Bonchev–Trinajstić information content (AvgIpc) is 3.11. The Kier molecular flexibility index (Phi) is 10.6. The minimum absolute atomic E-state index is 0.0109. The molecular weight excluding hydrogens is 685 g/mol. The molecule has 50 heavy (non-hydrogen) atoms. The van der Waals surface area contributed by atoms with Gasteiger partial charge in [-0.1, -0.05) is 83.9 Å². The third-order valence-corrected chi connectivity index (χ3v) is 8.44. The molecule has 0 saturated carbocycles. The van der Waals surface area contributed by atoms with Crippen LogP contribution in [0.15, 0.2) is 131 Å². The van der Waals surface area contributed by atoms with E-state index >= 15 is 0 Å². The van der Waals surface area contributed by atoms with Crippen LogP contribution in [0.4, 0.5) is 13.6 Å². The van der Waals surface area contributed by atoms with Crippen molar-refractivity contribution >= 4 is 29.4 Å². The van der Waals surface area contributed by atoms with E-state index in [1.807, 2.05) is 24.3 Å². The Morgan fingerprint density at radius 2 is 0.920 bits per heavy atom. The first-order valence-corrected chi connectivity index (χ1v) is 16.1. The summed E-state index contributed by atoms with van der Waals surface area (Å²) in [6.45, 7) is 0.0879. The molecule has 0 atom stereocenters. The Labute approximate surface area is 295 Å². The molecule has 0 radical (unpaired) electrons. The molecule has 7 nitrogen and oxygen atoms in total. The van der Waals surface area contributed by atoms with Crippen molar-refractivity contribution in [3.05, 3.63) is 186 Å². The minimum atomic E-state index is -0.832. The molecule has 2 aromatic heterocycles. The number of hydrogen-bond acceptors (Lipinski definition) is 5. The molecule has 4 aromatic carbocycles. The highest BCUT2D eigenvalue weighted by molar-refractivity contribution is 6.30. The molecule has 11 heteroatoms. The van der Waals surface area contributed by atoms with Gasteiger partial charge in [0.2, 0.25) is 0 Å². The molecule has 0 aliphatic heterocycles. The number of benzene rings is 4. The summed E-state index contributed by atoms with van der Waals surface area (Å²) in [5.41, 5.74) is 4.76. The van der Waals surface area contributed by atoms with Crippen molar-refractivity contribution in [1.29, 1.82) is 0 Å². The quantitative estimate of drug-likeness (QED) is 0.133. The maximum atomic E-state index is 14.3. The molecule has 6 aromatic rings. The van der Waals surface area contributed by atoms with E-state index in [1.165, 1.54) is 33.4 Å². The van der Waals surface area contributed by atoms with Crippen LogP contribution < -0.4 is 11.1 Å². The van der Waals surface area contributed by atoms with E-state index in [2.05, 4.69) is 0 Å². The Bertz CT molecular complexity index is 2130. The molecule has 0 saturated heterocycles. The summed E-state index contributed by atoms with van der Waals surface area (Å²) < 4.78 is 42.0. The lowest BCUT2D eigenvalue weighted by Crippen LogP contribution is -2.19. The van der Waals surface area contributed by atoms with Gasteiger partial charge in [-0.25, -0.2) is 13.6 Å². The standard InChI is InChI=1S/C39H28Cl2F2N2O5/c40-33-13-9-31(35(42)17-33)21-44-19-29(11-15-37(44)46)27-5-1-25(2-6-27)23-49-39(48)50-24-26-3-7-28(8-4-26)30-12-16-38(47)45(20-30)22-32-10-14-34(41)18-36(32)43/h1-20H,21-24H2. The summed E-state index contributed by atoms with van der Waals surface area (Å²) in [5.74, 6) is -0.973. The summed E-state index contributed by atoms with van der Waals surface area (Å²) in [7, 11) is 0. The first kappa shape index (κ1) is 34.4. The van der Waals surface area contributed by atoms with Crippen LogP contribution in [0.2, 0.25) is 10.0 Å². The van der Waals surface area contributed by atoms with Crippen LogP contribution in [0, 0.1) is 11.6 Å². The van der Waals surface area contributed by atoms with E-state index in [1.54, 1.807) is 73.1 Å². The summed E-state index contributed by atoms with van der Waals surface area (Å²) in [4.78, 5) is 37.2. The second-order valence-electron chi connectivity index (χ2n) is 11.5. The number of halogens is 4. The number of ether oxygens (including phenoxy) is 2. The summed E-state index contributed by atoms with van der Waals surface area (Å²) in [6, 6.07) is 29.4. The monoisotopic (exact) mass is 712 g/mol. The number of rotatable bonds is 10. The molecule has 0 spiro atoms. The number of carbonyl (C=O) groups is 1. The van der Waals surface area contributed by atoms with Gasteiger partial charge in [0.25, 0.3) is 11.1 Å². The topological polar surface area (TPSA) is 79.5 Å². The lowest BCUT2D eigenvalue weighted by Gasteiger charge is -2.11. The molecule has 6 rings (SSSR count). The molecule has 252 valence electrons. The van der Waals surface area contributed by atoms with Gasteiger partial charge in [-0.05, 0) is 69.8 Å². The molecule has 0 N–H and O–H groups in total. The van der Waals surface area contributed by atoms with Crippen molar-refractivity contribution in [1.82, 2.24) is 9.13 Å². The van der Waals surface area contributed by atoms with Crippen molar-refractivity contribution in [3.8, 4) is 22.3 Å². The first-order chi connectivity index (χ1) is 24.1. The Morgan fingerprint density at radius 3 is 1.30 bits per heavy atom. The highest BCUT2D eigenvalue weighted by atomic mass is 35.5. The molecule has 0 amide bonds. The normalized spacial score (nSPS) is 11.0. The average molecular weight is 714 g/mol. The number of nitrogens with zero attached hydrogens (tertiary/aromatic N) is 2. The smallest absolute Gasteiger partial charge is 0.429 e. The maximum Gasteiger partial charge on any atom is 0.508 e. The van der Waals surface area contributed by atoms with Gasteiger partial charge in [0.05, 0.1) is 13.1 Å². The van der Waals surface area contributed by atoms with Crippen molar-refractivity contribution in [2.75, 3.05) is 0 Å². The fraction of sp³-hybridized carbons (Fsp3) is 0.103. The Balaban J connectivity index is 1.01. The van der Waals surface area contributed by atoms with Gasteiger partial charge in [0, 0.05) is 45.7 Å². The van der Waals surface area contributed by atoms with Crippen LogP contribution in [0.5, 0.6) is 0 Å². The number of carbonyl (C=O) groups excluding carboxylic acids is 1. The second kappa shape index (κ2) is 15.4. The second-order valence-corrected chi connectivity index (χ2v) is 12.3. The predicted octanol–water partition coefficient (Wildman–Crippen LogP) is 8.88. The van der Waals surface area contributed by atoms with Crippen molar-refractivity contribution in [3.63, 3.8) is 0 Å². The zero-order chi connectivity index (χ0) is 35.2. The van der Waals surface area contributed by atoms with Gasteiger partial charge >= 0.3 is 6.16 Å². The lowest BCUT2D eigenvalue weighted by atomic mass is 10.1. The van der Waals surface area contributed by atoms with E-state index in [-0.39, 0.29) is 47.5 Å². The maximum absolute atomic E-state index is 14.3. The van der Waals surface area contributed by atoms with E-state index in [4.69, 9.17) is 32.7 Å². The molecular formula is C39H28Cl2F2N2O5. The lowest BCUT2D eigenvalue weighted by molar-refractivity contribution is 0.0446. The third-order valence-electron chi connectivity index (χ3n) is 7.97. The van der Waals surface area contributed by atoms with Crippen molar-refractivity contribution < 1.29 is 23.0 Å². The molecule has 0 fully saturated rings. The van der Waals surface area contributed by atoms with Crippen LogP contribution in [0.25, 0.3) is 22.3 Å². The highest BCUT2D eigenvalue weighted by Crippen LogP contribution is 2.22. The Hall–Kier alpha value is -5.51. The van der Waals surface area contributed by atoms with E-state index in [0.29, 0.717) is 11.1 Å². The molecule has 0 bridgehead atoms. The zero-order valence-electron chi connectivity index (χ0n) is 26.3. The van der Waals surface area contributed by atoms with Crippen LogP contribution in [0.3, 0.4) is 0 Å². The summed E-state index contributed by atoms with van der Waals surface area (Å²) >= 11 is 11.7. The molecule has 0 aliphatic rings. The molecule has 0 unspecified atom stereocenters. The van der Waals surface area contributed by atoms with Crippen molar-refractivity contribution in [2.45, 2.75) is 26.3 Å². The van der Waals surface area contributed by atoms with Crippen LogP contribution >= 0.6 is 23.2 Å². The van der Waals surface area contributed by atoms with Crippen LogP contribution in [-0.4, -0.2) is 15.3 Å². The fourth-order valence-corrected chi connectivity index (χ4v) is 5.55. The van der Waals surface area contributed by atoms with E-state index in [9.17, 15) is 23.2 Å². The number of hydrogen-bond donors (Lipinski definition) is 0. The van der Waals surface area contributed by atoms with Gasteiger partial charge in [0.1, 0.15) is 24.8 Å². The molecule has 0 aliphatic carbocycles. The van der Waals surface area contributed by atoms with Gasteiger partial charge < -0.3 is 18.6 Å². The minimum Gasteiger partial charge on any atom is -0.429 e. The molecule has 2 heterocycles. The first-order valence-electron chi connectivity index (χ1n) is 15.4. The highest BCUT2D eigenvalue weighted by Gasteiger charge is 2.11. The number of pyridine rings is 2. The van der Waals surface area contributed by atoms with Crippen molar-refractivity contribution in [2.24, 2.45) is 0 Å². The van der Waals surface area contributed by atoms with Gasteiger partial charge in [-0.3, -0.25) is 9.59 Å². The van der Waals surface area contributed by atoms with Gasteiger partial charge in [-0.15, -0.1) is 0 Å². The zero-order valence-corrected chi connectivity index (χ0v) is 27.8. The Morgan fingerprint density at radius 1 is 0.540 bits per heavy atom. The summed E-state index contributed by atoms with van der Waals surface area (Å²) in [6.07, 6.45) is 2.49. The largest absolute Gasteiger partial charge is 0.508 e. The van der Waals surface area contributed by atoms with E-state index in [0.717, 1.165) is 33.4 Å². The van der Waals surface area contributed by atoms with Crippen LogP contribution in [-0.2, 0) is 35.8 Å². The van der Waals surface area contributed by atoms with Gasteiger partial charge in [0.15, 0.2) is 0 Å². The summed E-state index contributed by atoms with van der Waals surface area (Å²) in [5, 5.41) is 0.561. The van der Waals surface area contributed by atoms with E-state index < -0.39 is 17.8 Å². The predicted molar refractivity (Wildman–Crippen MR) is 188 cm³/mol.